The number of para-hydroxylation sites is 3. The van der Waals surface area contributed by atoms with Crippen molar-refractivity contribution in [2.45, 2.75) is 0 Å². The Kier molecular flexibility index (Phi) is 4.82. The molecule has 0 spiro atoms. The van der Waals surface area contributed by atoms with Crippen LogP contribution in [0.4, 0.5) is 17.1 Å². The summed E-state index contributed by atoms with van der Waals surface area (Å²) in [5.41, 5.74) is 3.58. The molecule has 0 saturated carbocycles. The fraction of sp³-hybridized carbons (Fsp3) is 0. The average molecular weight is 522 g/mol. The van der Waals surface area contributed by atoms with Gasteiger partial charge in [0.1, 0.15) is 0 Å². The molecular weight excluding hydrogens is 500 g/mol. The third kappa shape index (κ3) is 2.82. The molecule has 2 aliphatic heterocycles. The van der Waals surface area contributed by atoms with E-state index in [1.54, 1.807) is 0 Å². The van der Waals surface area contributed by atoms with Crippen molar-refractivity contribution < 1.29 is 0 Å². The van der Waals surface area contributed by atoms with E-state index in [1.807, 2.05) is 0 Å². The largest absolute Gasteiger partial charge is 0.308 e. The number of rotatable bonds is 2. The summed E-state index contributed by atoms with van der Waals surface area (Å²) in [6.07, 6.45) is 0. The molecule has 0 bridgehead atoms. The Morgan fingerprint density at radius 2 is 0.771 bits per heavy atom. The van der Waals surface area contributed by atoms with E-state index in [0.717, 1.165) is 0 Å². The fourth-order valence-electron chi connectivity index (χ4n) is 5.56. The molecule has 5 heteroatoms. The van der Waals surface area contributed by atoms with Gasteiger partial charge in [-0.25, -0.2) is 0 Å². The van der Waals surface area contributed by atoms with Crippen LogP contribution in [-0.4, -0.2) is 0 Å². The lowest BCUT2D eigenvalue weighted by Gasteiger charge is -2.46. The molecule has 5 aromatic rings. The van der Waals surface area contributed by atoms with Crippen LogP contribution in [0.3, 0.4) is 0 Å². The van der Waals surface area contributed by atoms with Crippen molar-refractivity contribution in [2.75, 3.05) is 4.90 Å². The molecule has 2 unspecified atom stereocenters. The number of hydrogen-bond donors (Lipinski definition) is 0. The molecule has 0 aliphatic carbocycles. The lowest BCUT2D eigenvalue weighted by Crippen LogP contribution is -2.45. The van der Waals surface area contributed by atoms with Crippen LogP contribution < -0.4 is 36.7 Å². The minimum absolute atomic E-state index is 1.18. The molecule has 1 nitrogen and oxygen atoms in total. The van der Waals surface area contributed by atoms with Crippen LogP contribution >= 0.6 is 12.1 Å². The van der Waals surface area contributed by atoms with Gasteiger partial charge in [0.15, 0.2) is 0 Å². The number of fused-ring (bicyclic) bond motifs is 4. The summed E-state index contributed by atoms with van der Waals surface area (Å²) < 4.78 is 0. The van der Waals surface area contributed by atoms with E-state index in [2.05, 4.69) is 132 Å². The normalized spacial score (nSPS) is 21.5. The van der Waals surface area contributed by atoms with E-state index < -0.39 is 12.1 Å². The third-order valence-corrected chi connectivity index (χ3v) is 16.9. The predicted molar refractivity (Wildman–Crippen MR) is 160 cm³/mol. The summed E-state index contributed by atoms with van der Waals surface area (Å²) in [5.74, 6) is 0. The van der Waals surface area contributed by atoms with Crippen LogP contribution in [0, 0.1) is 0 Å². The highest BCUT2D eigenvalue weighted by Crippen LogP contribution is 2.60. The summed E-state index contributed by atoms with van der Waals surface area (Å²) in [4.78, 5) is 2.44. The summed E-state index contributed by atoms with van der Waals surface area (Å²) in [6.45, 7) is 0. The van der Waals surface area contributed by atoms with E-state index in [-0.39, 0.29) is 0 Å². The van der Waals surface area contributed by atoms with E-state index >= 15 is 0 Å². The lowest BCUT2D eigenvalue weighted by atomic mass is 10.1. The van der Waals surface area contributed by atoms with Crippen LogP contribution in [0.5, 0.6) is 0 Å². The molecule has 0 aromatic heterocycles. The van der Waals surface area contributed by atoms with Gasteiger partial charge in [-0.05, 0) is 22.7 Å². The first-order chi connectivity index (χ1) is 17.1. The number of benzene rings is 5. The van der Waals surface area contributed by atoms with Gasteiger partial charge in [0.2, 0.25) is 0 Å². The molecule has 0 saturated heterocycles. The van der Waals surface area contributed by atoms with Gasteiger partial charge < -0.3 is 4.90 Å². The summed E-state index contributed by atoms with van der Waals surface area (Å²) in [6, 6.07) is 41.0. The van der Waals surface area contributed by atoms with E-state index in [4.69, 9.17) is 23.6 Å². The second-order valence-corrected chi connectivity index (χ2v) is 17.5. The highest BCUT2D eigenvalue weighted by Gasteiger charge is 2.45. The highest BCUT2D eigenvalue weighted by molar-refractivity contribution is 8.27. The quantitative estimate of drug-likeness (QED) is 0.285. The lowest BCUT2D eigenvalue weighted by molar-refractivity contribution is 1.31. The first-order valence-corrected chi connectivity index (χ1v) is 17.2. The minimum Gasteiger partial charge on any atom is -0.308 e. The van der Waals surface area contributed by atoms with Gasteiger partial charge in [-0.15, -0.1) is 0 Å². The zero-order valence-corrected chi connectivity index (χ0v) is 22.2. The van der Waals surface area contributed by atoms with Crippen LogP contribution in [-0.2, 0) is 23.6 Å². The summed E-state index contributed by atoms with van der Waals surface area (Å²) in [7, 11) is 0. The van der Waals surface area contributed by atoms with Gasteiger partial charge in [0, 0.05) is 33.3 Å². The number of nitrogens with zero attached hydrogens (tertiary/aromatic N) is 1. The van der Waals surface area contributed by atoms with Gasteiger partial charge in [0.25, 0.3) is 0 Å². The number of hydrogen-bond acceptors (Lipinski definition) is 3. The smallest absolute Gasteiger partial charge is 0.0643 e. The van der Waals surface area contributed by atoms with Crippen molar-refractivity contribution in [3.05, 3.63) is 127 Å². The Morgan fingerprint density at radius 1 is 0.400 bits per heavy atom. The Bertz CT molecular complexity index is 1590. The second-order valence-electron chi connectivity index (χ2n) is 8.85. The summed E-state index contributed by atoms with van der Waals surface area (Å²) >= 11 is 13.5. The van der Waals surface area contributed by atoms with Crippen molar-refractivity contribution in [2.24, 2.45) is 0 Å². The molecule has 168 valence electrons. The molecule has 0 radical (unpaired) electrons. The van der Waals surface area contributed by atoms with Crippen molar-refractivity contribution in [3.8, 4) is 0 Å². The molecule has 2 heterocycles. The molecule has 2 aliphatic rings. The Labute approximate surface area is 216 Å². The molecule has 0 fully saturated rings. The SMILES string of the molecule is S=P1(c2ccccc2)c2ccccc2N2c3ccccc3P(=S)(c3ccccc3)c3cccc1c32. The zero-order valence-electron chi connectivity index (χ0n) is 18.8. The van der Waals surface area contributed by atoms with Gasteiger partial charge in [-0.2, -0.15) is 0 Å². The zero-order chi connectivity index (χ0) is 23.6. The van der Waals surface area contributed by atoms with Crippen molar-refractivity contribution in [1.29, 1.82) is 0 Å². The molecule has 7 rings (SSSR count). The average Bonchev–Trinajstić information content (AvgIpc) is 2.93. The van der Waals surface area contributed by atoms with E-state index in [9.17, 15) is 0 Å². The van der Waals surface area contributed by atoms with Gasteiger partial charge in [-0.3, -0.25) is 0 Å². The van der Waals surface area contributed by atoms with E-state index in [0.29, 0.717) is 0 Å². The third-order valence-electron chi connectivity index (χ3n) is 7.06. The van der Waals surface area contributed by atoms with Gasteiger partial charge >= 0.3 is 0 Å². The van der Waals surface area contributed by atoms with Gasteiger partial charge in [0.05, 0.1) is 17.1 Å². The van der Waals surface area contributed by atoms with Crippen LogP contribution in [0.2, 0.25) is 0 Å². The molecule has 35 heavy (non-hydrogen) atoms. The maximum atomic E-state index is 6.77. The standard InChI is InChI=1S/C30H21NP2S2/c34-32(22-12-3-1-4-13-22)26-18-9-7-16-24(26)31-25-17-8-10-19-27(25)33(35,23-14-5-2-6-15-23)29-21-11-20-28(32)30(29)31/h1-21H. The summed E-state index contributed by atoms with van der Waals surface area (Å²) in [5, 5.41) is 7.43. The van der Waals surface area contributed by atoms with Crippen LogP contribution in [0.15, 0.2) is 127 Å². The van der Waals surface area contributed by atoms with Crippen LogP contribution in [0.25, 0.3) is 0 Å². The molecule has 2 atom stereocenters. The second kappa shape index (κ2) is 7.85. The van der Waals surface area contributed by atoms with Gasteiger partial charge in [-0.1, -0.05) is 139 Å². The van der Waals surface area contributed by atoms with E-state index in [1.165, 1.54) is 48.9 Å². The minimum atomic E-state index is -2.29. The van der Waals surface area contributed by atoms with Crippen molar-refractivity contribution in [3.63, 3.8) is 0 Å². The van der Waals surface area contributed by atoms with Crippen LogP contribution in [0.1, 0.15) is 0 Å². The Morgan fingerprint density at radius 3 is 1.23 bits per heavy atom. The molecule has 5 aromatic carbocycles. The predicted octanol–water partition coefficient (Wildman–Crippen LogP) is 5.29. The van der Waals surface area contributed by atoms with Crippen molar-refractivity contribution in [1.82, 2.24) is 0 Å². The molecule has 0 amide bonds. The van der Waals surface area contributed by atoms with Crippen molar-refractivity contribution >= 4 is 84.6 Å². The Balaban J connectivity index is 1.67. The topological polar surface area (TPSA) is 3.24 Å². The monoisotopic (exact) mass is 521 g/mol. The first kappa shape index (κ1) is 21.5. The first-order valence-electron chi connectivity index (χ1n) is 11.6. The Hall–Kier alpha value is -2.80. The number of anilines is 3. The molecule has 0 N–H and O–H groups in total. The maximum absolute atomic E-state index is 6.77. The molecular formula is C30H21NP2S2. The fourth-order valence-corrected chi connectivity index (χ4v) is 14.2. The maximum Gasteiger partial charge on any atom is 0.0643 e. The highest BCUT2D eigenvalue weighted by atomic mass is 32.4.